The quantitative estimate of drug-likeness (QED) is 0.916. The molecule has 0 radical (unpaired) electrons. The van der Waals surface area contributed by atoms with Gasteiger partial charge in [-0.3, -0.25) is 0 Å². The fourth-order valence-electron chi connectivity index (χ4n) is 2.32. The molecular weight excluding hydrogens is 283 g/mol. The molecule has 0 bridgehead atoms. The van der Waals surface area contributed by atoms with Crippen molar-refractivity contribution in [3.63, 3.8) is 0 Å². The first-order valence-corrected chi connectivity index (χ1v) is 7.09. The van der Waals surface area contributed by atoms with Gasteiger partial charge >= 0.3 is 0 Å². The zero-order valence-corrected chi connectivity index (χ0v) is 11.9. The molecule has 3 rings (SSSR count). The van der Waals surface area contributed by atoms with Crippen LogP contribution in [0, 0.1) is 17.1 Å². The van der Waals surface area contributed by atoms with Crippen molar-refractivity contribution in [2.45, 2.75) is 25.0 Å². The van der Waals surface area contributed by atoms with E-state index >= 15 is 0 Å². The zero-order valence-electron chi connectivity index (χ0n) is 11.9. The van der Waals surface area contributed by atoms with Gasteiger partial charge in [-0.15, -0.1) is 0 Å². The fraction of sp³-hybridized carbons (Fsp3) is 0.312. The first kappa shape index (κ1) is 14.4. The number of aromatic nitrogens is 2. The average molecular weight is 298 g/mol. The summed E-state index contributed by atoms with van der Waals surface area (Å²) in [5.74, 6) is 0.315. The van der Waals surface area contributed by atoms with E-state index in [9.17, 15) is 9.50 Å². The SMILES string of the molecule is N#Cc1cnc(N(CC(O)c2ccc(F)cc2)C2CC2)cn1. The zero-order chi connectivity index (χ0) is 15.5. The van der Waals surface area contributed by atoms with Crippen molar-refractivity contribution < 1.29 is 9.50 Å². The van der Waals surface area contributed by atoms with Crippen LogP contribution in [0.3, 0.4) is 0 Å². The van der Waals surface area contributed by atoms with E-state index in [0.717, 1.165) is 12.8 Å². The van der Waals surface area contributed by atoms with Gasteiger partial charge in [-0.25, -0.2) is 14.4 Å². The number of nitrogens with zero attached hydrogens (tertiary/aromatic N) is 4. The number of aliphatic hydroxyl groups is 1. The molecule has 22 heavy (non-hydrogen) atoms. The van der Waals surface area contributed by atoms with Gasteiger partial charge in [-0.1, -0.05) is 12.1 Å². The van der Waals surface area contributed by atoms with Gasteiger partial charge in [0.15, 0.2) is 5.69 Å². The largest absolute Gasteiger partial charge is 0.387 e. The van der Waals surface area contributed by atoms with E-state index in [0.29, 0.717) is 24.0 Å². The lowest BCUT2D eigenvalue weighted by Gasteiger charge is -2.26. The Kier molecular flexibility index (Phi) is 3.98. The van der Waals surface area contributed by atoms with Gasteiger partial charge in [-0.05, 0) is 30.5 Å². The Hall–Kier alpha value is -2.52. The number of benzene rings is 1. The molecule has 0 saturated heterocycles. The van der Waals surface area contributed by atoms with E-state index in [1.807, 2.05) is 11.0 Å². The fourth-order valence-corrected chi connectivity index (χ4v) is 2.32. The third kappa shape index (κ3) is 3.21. The van der Waals surface area contributed by atoms with Crippen molar-refractivity contribution in [2.24, 2.45) is 0 Å². The molecule has 1 saturated carbocycles. The van der Waals surface area contributed by atoms with Gasteiger partial charge in [0.1, 0.15) is 17.7 Å². The van der Waals surface area contributed by atoms with Crippen molar-refractivity contribution in [1.29, 1.82) is 5.26 Å². The van der Waals surface area contributed by atoms with Crippen LogP contribution in [-0.4, -0.2) is 27.7 Å². The predicted molar refractivity (Wildman–Crippen MR) is 78.5 cm³/mol. The Labute approximate surface area is 127 Å². The molecular formula is C16H15FN4O. The van der Waals surface area contributed by atoms with E-state index < -0.39 is 6.10 Å². The lowest BCUT2D eigenvalue weighted by molar-refractivity contribution is 0.182. The lowest BCUT2D eigenvalue weighted by Crippen LogP contribution is -2.31. The summed E-state index contributed by atoms with van der Waals surface area (Å²) in [6, 6.07) is 8.09. The number of anilines is 1. The second kappa shape index (κ2) is 6.08. The number of nitriles is 1. The van der Waals surface area contributed by atoms with E-state index in [2.05, 4.69) is 9.97 Å². The highest BCUT2D eigenvalue weighted by Gasteiger charge is 2.31. The van der Waals surface area contributed by atoms with Crippen molar-refractivity contribution in [3.05, 3.63) is 53.7 Å². The summed E-state index contributed by atoms with van der Waals surface area (Å²) in [5, 5.41) is 19.1. The summed E-state index contributed by atoms with van der Waals surface area (Å²) in [4.78, 5) is 10.3. The normalized spacial score (nSPS) is 15.1. The molecule has 1 fully saturated rings. The van der Waals surface area contributed by atoms with Crippen LogP contribution < -0.4 is 4.90 Å². The second-order valence-electron chi connectivity index (χ2n) is 5.32. The highest BCUT2D eigenvalue weighted by atomic mass is 19.1. The maximum absolute atomic E-state index is 13.0. The molecule has 1 aromatic heterocycles. The number of hydrogen-bond donors (Lipinski definition) is 1. The van der Waals surface area contributed by atoms with Crippen LogP contribution >= 0.6 is 0 Å². The molecule has 5 nitrogen and oxygen atoms in total. The topological polar surface area (TPSA) is 73.0 Å². The molecule has 0 amide bonds. The van der Waals surface area contributed by atoms with E-state index in [-0.39, 0.29) is 11.5 Å². The summed E-state index contributed by atoms with van der Waals surface area (Å²) in [7, 11) is 0. The number of aliphatic hydroxyl groups excluding tert-OH is 1. The molecule has 0 aliphatic heterocycles. The minimum absolute atomic E-state index is 0.263. The van der Waals surface area contributed by atoms with Crippen molar-refractivity contribution in [1.82, 2.24) is 9.97 Å². The van der Waals surface area contributed by atoms with Crippen LogP contribution in [0.4, 0.5) is 10.2 Å². The second-order valence-corrected chi connectivity index (χ2v) is 5.32. The van der Waals surface area contributed by atoms with Crippen LogP contribution in [-0.2, 0) is 0 Å². The van der Waals surface area contributed by atoms with Crippen molar-refractivity contribution in [2.75, 3.05) is 11.4 Å². The minimum atomic E-state index is -0.737. The smallest absolute Gasteiger partial charge is 0.158 e. The van der Waals surface area contributed by atoms with Gasteiger partial charge in [0.25, 0.3) is 0 Å². The average Bonchev–Trinajstić information content (AvgIpc) is 3.38. The molecule has 1 aromatic carbocycles. The predicted octanol–water partition coefficient (Wildman–Crippen LogP) is 2.19. The first-order valence-electron chi connectivity index (χ1n) is 7.09. The van der Waals surface area contributed by atoms with Gasteiger partial charge in [0, 0.05) is 12.6 Å². The first-order chi connectivity index (χ1) is 10.7. The summed E-state index contributed by atoms with van der Waals surface area (Å²) >= 11 is 0. The summed E-state index contributed by atoms with van der Waals surface area (Å²) < 4.78 is 13.0. The Morgan fingerprint density at radius 2 is 2.00 bits per heavy atom. The van der Waals surface area contributed by atoms with Gasteiger partial charge < -0.3 is 10.0 Å². The van der Waals surface area contributed by atoms with E-state index in [1.165, 1.54) is 18.3 Å². The van der Waals surface area contributed by atoms with Gasteiger partial charge in [0.2, 0.25) is 0 Å². The molecule has 1 aliphatic carbocycles. The molecule has 112 valence electrons. The van der Waals surface area contributed by atoms with Crippen molar-refractivity contribution >= 4 is 5.82 Å². The number of halogens is 1. The number of hydrogen-bond acceptors (Lipinski definition) is 5. The van der Waals surface area contributed by atoms with Gasteiger partial charge in [-0.2, -0.15) is 5.26 Å². The highest BCUT2D eigenvalue weighted by molar-refractivity contribution is 5.41. The van der Waals surface area contributed by atoms with Crippen LogP contribution in [0.25, 0.3) is 0 Å². The van der Waals surface area contributed by atoms with Crippen LogP contribution in [0.2, 0.25) is 0 Å². The van der Waals surface area contributed by atoms with E-state index in [1.54, 1.807) is 18.3 Å². The molecule has 6 heteroatoms. The molecule has 1 atom stereocenters. The molecule has 1 N–H and O–H groups in total. The Morgan fingerprint density at radius 1 is 1.27 bits per heavy atom. The van der Waals surface area contributed by atoms with E-state index in [4.69, 9.17) is 5.26 Å². The third-order valence-electron chi connectivity index (χ3n) is 3.66. The maximum atomic E-state index is 13.0. The van der Waals surface area contributed by atoms with Crippen LogP contribution in [0.1, 0.15) is 30.2 Å². The van der Waals surface area contributed by atoms with Gasteiger partial charge in [0.05, 0.1) is 18.5 Å². The minimum Gasteiger partial charge on any atom is -0.387 e. The molecule has 1 unspecified atom stereocenters. The molecule has 0 spiro atoms. The lowest BCUT2D eigenvalue weighted by atomic mass is 10.1. The standard InChI is InChI=1S/C16H15FN4O/c17-12-3-1-11(2-4-12)15(22)10-21(14-5-6-14)16-9-19-13(7-18)8-20-16/h1-4,8-9,14-15,22H,5-6,10H2. The van der Waals surface area contributed by atoms with Crippen LogP contribution in [0.15, 0.2) is 36.7 Å². The monoisotopic (exact) mass is 298 g/mol. The summed E-state index contributed by atoms with van der Waals surface area (Å²) in [6.45, 7) is 0.358. The maximum Gasteiger partial charge on any atom is 0.158 e. The highest BCUT2D eigenvalue weighted by Crippen LogP contribution is 2.32. The Morgan fingerprint density at radius 3 is 2.55 bits per heavy atom. The van der Waals surface area contributed by atoms with Crippen molar-refractivity contribution in [3.8, 4) is 6.07 Å². The third-order valence-corrected chi connectivity index (χ3v) is 3.66. The Bertz CT molecular complexity index is 677. The summed E-state index contributed by atoms with van der Waals surface area (Å²) in [6.07, 6.45) is 4.32. The molecule has 2 aromatic rings. The summed E-state index contributed by atoms with van der Waals surface area (Å²) in [5.41, 5.74) is 0.923. The molecule has 1 heterocycles. The Balaban J connectivity index is 1.76. The van der Waals surface area contributed by atoms with Crippen LogP contribution in [0.5, 0.6) is 0 Å². The molecule has 1 aliphatic rings. The number of rotatable bonds is 5.